The van der Waals surface area contributed by atoms with Gasteiger partial charge in [0, 0.05) is 17.8 Å². The molecule has 26 heavy (non-hydrogen) atoms. The zero-order valence-electron chi connectivity index (χ0n) is 15.3. The maximum absolute atomic E-state index is 12.1. The van der Waals surface area contributed by atoms with E-state index in [0.717, 1.165) is 12.0 Å². The SMILES string of the molecule is CCCC(=O)Nc1cccc(NC(=O)COc2ccc(C)cc2OC)c1. The van der Waals surface area contributed by atoms with Crippen molar-refractivity contribution in [3.8, 4) is 11.5 Å². The number of rotatable bonds is 8. The van der Waals surface area contributed by atoms with Gasteiger partial charge in [0.1, 0.15) is 0 Å². The molecule has 0 saturated heterocycles. The van der Waals surface area contributed by atoms with Crippen LogP contribution in [0.4, 0.5) is 11.4 Å². The van der Waals surface area contributed by atoms with Crippen molar-refractivity contribution in [1.29, 1.82) is 0 Å². The Labute approximate surface area is 153 Å². The number of methoxy groups -OCH3 is 1. The Balaban J connectivity index is 1.93. The lowest BCUT2D eigenvalue weighted by Crippen LogP contribution is -2.20. The number of benzene rings is 2. The third-order valence-corrected chi connectivity index (χ3v) is 3.59. The van der Waals surface area contributed by atoms with Crippen LogP contribution in [0.1, 0.15) is 25.3 Å². The highest BCUT2D eigenvalue weighted by molar-refractivity contribution is 5.94. The maximum Gasteiger partial charge on any atom is 0.262 e. The molecule has 2 amide bonds. The van der Waals surface area contributed by atoms with Gasteiger partial charge in [0.2, 0.25) is 5.91 Å². The third-order valence-electron chi connectivity index (χ3n) is 3.59. The van der Waals surface area contributed by atoms with Crippen molar-refractivity contribution in [1.82, 2.24) is 0 Å². The molecule has 0 aliphatic rings. The molecule has 2 aromatic rings. The van der Waals surface area contributed by atoms with E-state index in [0.29, 0.717) is 29.3 Å². The van der Waals surface area contributed by atoms with Gasteiger partial charge in [-0.1, -0.05) is 19.1 Å². The summed E-state index contributed by atoms with van der Waals surface area (Å²) >= 11 is 0. The predicted molar refractivity (Wildman–Crippen MR) is 102 cm³/mol. The summed E-state index contributed by atoms with van der Waals surface area (Å²) in [7, 11) is 1.56. The lowest BCUT2D eigenvalue weighted by atomic mass is 10.2. The molecule has 0 heterocycles. The van der Waals surface area contributed by atoms with Gasteiger partial charge in [-0.2, -0.15) is 0 Å². The van der Waals surface area contributed by atoms with Crippen LogP contribution in [0, 0.1) is 6.92 Å². The van der Waals surface area contributed by atoms with E-state index in [1.165, 1.54) is 0 Å². The molecule has 138 valence electrons. The molecule has 0 spiro atoms. The number of carbonyl (C=O) groups excluding carboxylic acids is 2. The maximum atomic E-state index is 12.1. The van der Waals surface area contributed by atoms with Crippen LogP contribution in [0.25, 0.3) is 0 Å². The van der Waals surface area contributed by atoms with E-state index in [1.807, 2.05) is 26.0 Å². The molecule has 2 N–H and O–H groups in total. The van der Waals surface area contributed by atoms with Crippen molar-refractivity contribution >= 4 is 23.2 Å². The van der Waals surface area contributed by atoms with Crippen LogP contribution in [0.15, 0.2) is 42.5 Å². The summed E-state index contributed by atoms with van der Waals surface area (Å²) in [5.41, 5.74) is 2.27. The van der Waals surface area contributed by atoms with Crippen LogP contribution in [-0.4, -0.2) is 25.5 Å². The molecule has 0 unspecified atom stereocenters. The first-order valence-corrected chi connectivity index (χ1v) is 8.49. The molecule has 6 nitrogen and oxygen atoms in total. The summed E-state index contributed by atoms with van der Waals surface area (Å²) in [4.78, 5) is 23.8. The second kappa shape index (κ2) is 9.46. The first-order chi connectivity index (χ1) is 12.5. The van der Waals surface area contributed by atoms with Gasteiger partial charge in [0.15, 0.2) is 18.1 Å². The second-order valence-electron chi connectivity index (χ2n) is 5.87. The van der Waals surface area contributed by atoms with Gasteiger partial charge >= 0.3 is 0 Å². The van der Waals surface area contributed by atoms with Gasteiger partial charge in [-0.3, -0.25) is 9.59 Å². The van der Waals surface area contributed by atoms with Crippen LogP contribution in [0.2, 0.25) is 0 Å². The Kier molecular flexibility index (Phi) is 7.02. The smallest absolute Gasteiger partial charge is 0.262 e. The van der Waals surface area contributed by atoms with E-state index < -0.39 is 0 Å². The molecule has 0 atom stereocenters. The summed E-state index contributed by atoms with van der Waals surface area (Å²) in [6, 6.07) is 12.5. The molecular weight excluding hydrogens is 332 g/mol. The minimum Gasteiger partial charge on any atom is -0.493 e. The van der Waals surface area contributed by atoms with Crippen LogP contribution in [0.3, 0.4) is 0 Å². The second-order valence-corrected chi connectivity index (χ2v) is 5.87. The molecule has 2 aromatic carbocycles. The molecule has 0 radical (unpaired) electrons. The van der Waals surface area contributed by atoms with E-state index in [4.69, 9.17) is 9.47 Å². The Hall–Kier alpha value is -3.02. The summed E-state index contributed by atoms with van der Waals surface area (Å²) < 4.78 is 10.8. The van der Waals surface area contributed by atoms with Crippen molar-refractivity contribution in [3.05, 3.63) is 48.0 Å². The highest BCUT2D eigenvalue weighted by Gasteiger charge is 2.09. The third kappa shape index (κ3) is 5.81. The van der Waals surface area contributed by atoms with E-state index in [2.05, 4.69) is 10.6 Å². The quantitative estimate of drug-likeness (QED) is 0.755. The lowest BCUT2D eigenvalue weighted by molar-refractivity contribution is -0.118. The Bertz CT molecular complexity index is 774. The number of hydrogen-bond donors (Lipinski definition) is 2. The largest absolute Gasteiger partial charge is 0.493 e. The van der Waals surface area contributed by atoms with Gasteiger partial charge in [-0.25, -0.2) is 0 Å². The summed E-state index contributed by atoms with van der Waals surface area (Å²) in [5, 5.41) is 5.55. The zero-order valence-corrected chi connectivity index (χ0v) is 15.3. The Morgan fingerprint density at radius 3 is 2.31 bits per heavy atom. The first kappa shape index (κ1) is 19.3. The standard InChI is InChI=1S/C20H24N2O4/c1-4-6-19(23)21-15-7-5-8-16(12-15)22-20(24)13-26-17-10-9-14(2)11-18(17)25-3/h5,7-12H,4,6,13H2,1-3H3,(H,21,23)(H,22,24). The molecule has 6 heteroatoms. The number of aryl methyl sites for hydroxylation is 1. The topological polar surface area (TPSA) is 76.7 Å². The minimum absolute atomic E-state index is 0.0502. The zero-order chi connectivity index (χ0) is 18.9. The summed E-state index contributed by atoms with van der Waals surface area (Å²) in [6.45, 7) is 3.75. The Morgan fingerprint density at radius 1 is 0.962 bits per heavy atom. The van der Waals surface area contributed by atoms with Crippen LogP contribution in [-0.2, 0) is 9.59 Å². The van der Waals surface area contributed by atoms with Crippen molar-refractivity contribution in [2.24, 2.45) is 0 Å². The summed E-state index contributed by atoms with van der Waals surface area (Å²) in [5.74, 6) is 0.739. The average Bonchev–Trinajstić information content (AvgIpc) is 2.61. The number of carbonyl (C=O) groups is 2. The molecule has 2 rings (SSSR count). The van der Waals surface area contributed by atoms with E-state index in [9.17, 15) is 9.59 Å². The fourth-order valence-corrected chi connectivity index (χ4v) is 2.36. The average molecular weight is 356 g/mol. The molecule has 0 aliphatic carbocycles. The van der Waals surface area contributed by atoms with Gasteiger partial charge in [-0.05, 0) is 49.2 Å². The normalized spacial score (nSPS) is 10.1. The van der Waals surface area contributed by atoms with Gasteiger partial charge in [-0.15, -0.1) is 0 Å². The molecule has 0 saturated carbocycles. The fraction of sp³-hybridized carbons (Fsp3) is 0.300. The lowest BCUT2D eigenvalue weighted by Gasteiger charge is -2.12. The minimum atomic E-state index is -0.301. The van der Waals surface area contributed by atoms with Crippen molar-refractivity contribution in [2.75, 3.05) is 24.4 Å². The number of amides is 2. The highest BCUT2D eigenvalue weighted by Crippen LogP contribution is 2.27. The molecule has 0 aromatic heterocycles. The van der Waals surface area contributed by atoms with Crippen LogP contribution >= 0.6 is 0 Å². The Morgan fingerprint density at radius 2 is 1.65 bits per heavy atom. The van der Waals surface area contributed by atoms with Crippen molar-refractivity contribution < 1.29 is 19.1 Å². The van der Waals surface area contributed by atoms with Crippen molar-refractivity contribution in [2.45, 2.75) is 26.7 Å². The number of ether oxygens (including phenoxy) is 2. The van der Waals surface area contributed by atoms with Gasteiger partial charge in [0.05, 0.1) is 7.11 Å². The summed E-state index contributed by atoms with van der Waals surface area (Å²) in [6.07, 6.45) is 1.24. The number of nitrogens with one attached hydrogen (secondary N) is 2. The molecule has 0 bridgehead atoms. The highest BCUT2D eigenvalue weighted by atomic mass is 16.5. The van der Waals surface area contributed by atoms with Crippen molar-refractivity contribution in [3.63, 3.8) is 0 Å². The molecule has 0 aliphatic heterocycles. The van der Waals surface area contributed by atoms with E-state index >= 15 is 0 Å². The number of hydrogen-bond acceptors (Lipinski definition) is 4. The number of anilines is 2. The molecule has 0 fully saturated rings. The molecular formula is C20H24N2O4. The first-order valence-electron chi connectivity index (χ1n) is 8.49. The predicted octanol–water partition coefficient (Wildman–Crippen LogP) is 3.76. The monoisotopic (exact) mass is 356 g/mol. The van der Waals surface area contributed by atoms with E-state index in [-0.39, 0.29) is 18.4 Å². The van der Waals surface area contributed by atoms with Gasteiger partial charge < -0.3 is 20.1 Å². The van der Waals surface area contributed by atoms with Gasteiger partial charge in [0.25, 0.3) is 5.91 Å². The van der Waals surface area contributed by atoms with Crippen LogP contribution in [0.5, 0.6) is 11.5 Å². The fourth-order valence-electron chi connectivity index (χ4n) is 2.36. The van der Waals surface area contributed by atoms with Crippen LogP contribution < -0.4 is 20.1 Å². The van der Waals surface area contributed by atoms with E-state index in [1.54, 1.807) is 37.4 Å².